The third-order valence-electron chi connectivity index (χ3n) is 5.87. The number of carbonyl (C=O) groups excluding carboxylic acids is 2. The summed E-state index contributed by atoms with van der Waals surface area (Å²) < 4.78 is 11.0. The second kappa shape index (κ2) is 11.7. The zero-order chi connectivity index (χ0) is 23.8. The molecule has 1 aromatic heterocycles. The fourth-order valence-electron chi connectivity index (χ4n) is 3.94. The van der Waals surface area contributed by atoms with Crippen molar-refractivity contribution in [2.75, 3.05) is 33.3 Å². The van der Waals surface area contributed by atoms with Gasteiger partial charge in [-0.05, 0) is 48.7 Å². The van der Waals surface area contributed by atoms with Crippen LogP contribution in [0.5, 0.6) is 11.5 Å². The molecule has 0 spiro atoms. The minimum Gasteiger partial charge on any atom is -0.497 e. The van der Waals surface area contributed by atoms with Crippen LogP contribution < -0.4 is 9.47 Å². The summed E-state index contributed by atoms with van der Waals surface area (Å²) in [4.78, 5) is 33.8. The molecular weight excluding hydrogens is 450 g/mol. The van der Waals surface area contributed by atoms with Crippen LogP contribution in [0.4, 0.5) is 0 Å². The van der Waals surface area contributed by atoms with E-state index in [1.807, 2.05) is 51.6 Å². The van der Waals surface area contributed by atoms with Crippen LogP contribution in [0.2, 0.25) is 0 Å². The number of amides is 2. The van der Waals surface area contributed by atoms with Gasteiger partial charge in [-0.15, -0.1) is 11.3 Å². The standard InChI is InChI=1S/C26H29N3O4S/c1-32-23-9-6-20(7-10-23)8-11-25(30)28-12-3-13-29(15-14-28)26(31)21-4-2-5-24(16-21)33-17-22-18-34-19-27-22/h2,4-7,9-10,16,18-19H,3,8,11-15,17H2,1H3. The molecule has 178 valence electrons. The van der Waals surface area contributed by atoms with Gasteiger partial charge in [-0.3, -0.25) is 9.59 Å². The van der Waals surface area contributed by atoms with Gasteiger partial charge in [0.15, 0.2) is 0 Å². The molecule has 1 aliphatic heterocycles. The van der Waals surface area contributed by atoms with E-state index in [9.17, 15) is 9.59 Å². The molecule has 2 amide bonds. The van der Waals surface area contributed by atoms with Crippen LogP contribution in [-0.4, -0.2) is 59.9 Å². The number of hydrogen-bond donors (Lipinski definition) is 0. The molecule has 1 fully saturated rings. The van der Waals surface area contributed by atoms with Crippen molar-refractivity contribution in [1.29, 1.82) is 0 Å². The third-order valence-corrected chi connectivity index (χ3v) is 6.51. The van der Waals surface area contributed by atoms with Gasteiger partial charge in [0.1, 0.15) is 18.1 Å². The van der Waals surface area contributed by atoms with Gasteiger partial charge in [-0.2, -0.15) is 0 Å². The van der Waals surface area contributed by atoms with Crippen molar-refractivity contribution in [2.24, 2.45) is 0 Å². The van der Waals surface area contributed by atoms with Crippen LogP contribution in [0, 0.1) is 0 Å². The van der Waals surface area contributed by atoms with Gasteiger partial charge in [0.2, 0.25) is 5.91 Å². The Morgan fingerprint density at radius 1 is 1.00 bits per heavy atom. The molecule has 0 saturated carbocycles. The minimum atomic E-state index is -0.0355. The summed E-state index contributed by atoms with van der Waals surface area (Å²) in [7, 11) is 1.64. The molecule has 8 heteroatoms. The van der Waals surface area contributed by atoms with E-state index >= 15 is 0 Å². The number of methoxy groups -OCH3 is 1. The number of hydrogen-bond acceptors (Lipinski definition) is 6. The lowest BCUT2D eigenvalue weighted by atomic mass is 10.1. The Kier molecular flexibility index (Phi) is 8.14. The highest BCUT2D eigenvalue weighted by atomic mass is 32.1. The number of carbonyl (C=O) groups is 2. The second-order valence-corrected chi connectivity index (χ2v) is 8.89. The minimum absolute atomic E-state index is 0.0355. The fourth-order valence-corrected chi connectivity index (χ4v) is 4.48. The summed E-state index contributed by atoms with van der Waals surface area (Å²) in [5.41, 5.74) is 4.34. The number of benzene rings is 2. The summed E-state index contributed by atoms with van der Waals surface area (Å²) in [6.45, 7) is 2.75. The van der Waals surface area contributed by atoms with E-state index in [4.69, 9.17) is 9.47 Å². The molecule has 2 aromatic carbocycles. The number of ether oxygens (including phenoxy) is 2. The first-order chi connectivity index (χ1) is 16.6. The van der Waals surface area contributed by atoms with E-state index in [0.29, 0.717) is 56.9 Å². The van der Waals surface area contributed by atoms with Gasteiger partial charge < -0.3 is 19.3 Å². The number of rotatable bonds is 8. The van der Waals surface area contributed by atoms with Crippen LogP contribution in [0.25, 0.3) is 0 Å². The Labute approximate surface area is 203 Å². The van der Waals surface area contributed by atoms with E-state index in [0.717, 1.165) is 23.4 Å². The van der Waals surface area contributed by atoms with E-state index in [1.165, 1.54) is 11.3 Å². The smallest absolute Gasteiger partial charge is 0.254 e. The molecule has 0 unspecified atom stereocenters. The largest absolute Gasteiger partial charge is 0.497 e. The van der Waals surface area contributed by atoms with Crippen LogP contribution >= 0.6 is 11.3 Å². The molecule has 1 saturated heterocycles. The lowest BCUT2D eigenvalue weighted by Gasteiger charge is -2.22. The Hall–Kier alpha value is -3.39. The first-order valence-corrected chi connectivity index (χ1v) is 12.4. The van der Waals surface area contributed by atoms with Crippen LogP contribution in [0.3, 0.4) is 0 Å². The molecule has 0 N–H and O–H groups in total. The predicted molar refractivity (Wildman–Crippen MR) is 131 cm³/mol. The van der Waals surface area contributed by atoms with Gasteiger partial charge >= 0.3 is 0 Å². The number of thiazole rings is 1. The zero-order valence-corrected chi connectivity index (χ0v) is 20.1. The number of aryl methyl sites for hydroxylation is 1. The van der Waals surface area contributed by atoms with Crippen molar-refractivity contribution in [3.63, 3.8) is 0 Å². The van der Waals surface area contributed by atoms with Gasteiger partial charge in [0.05, 0.1) is 18.3 Å². The Balaban J connectivity index is 1.28. The van der Waals surface area contributed by atoms with Crippen molar-refractivity contribution in [2.45, 2.75) is 25.9 Å². The van der Waals surface area contributed by atoms with Crippen LogP contribution in [0.15, 0.2) is 59.4 Å². The summed E-state index contributed by atoms with van der Waals surface area (Å²) >= 11 is 1.52. The molecule has 0 radical (unpaired) electrons. The van der Waals surface area contributed by atoms with E-state index in [-0.39, 0.29) is 11.8 Å². The highest BCUT2D eigenvalue weighted by Crippen LogP contribution is 2.18. The summed E-state index contributed by atoms with van der Waals surface area (Å²) in [5.74, 6) is 1.54. The first-order valence-electron chi connectivity index (χ1n) is 11.4. The van der Waals surface area contributed by atoms with Gasteiger partial charge in [-0.1, -0.05) is 18.2 Å². The van der Waals surface area contributed by atoms with Gasteiger partial charge in [0, 0.05) is 43.5 Å². The van der Waals surface area contributed by atoms with E-state index in [2.05, 4.69) is 4.98 Å². The molecule has 1 aliphatic rings. The summed E-state index contributed by atoms with van der Waals surface area (Å²) in [5, 5.41) is 1.94. The quantitative estimate of drug-likeness (QED) is 0.488. The summed E-state index contributed by atoms with van der Waals surface area (Å²) in [6, 6.07) is 15.1. The molecule has 0 aliphatic carbocycles. The molecule has 4 rings (SSSR count). The molecule has 2 heterocycles. The molecule has 0 atom stereocenters. The first kappa shape index (κ1) is 23.8. The molecule has 0 bridgehead atoms. The van der Waals surface area contributed by atoms with Crippen LogP contribution in [-0.2, 0) is 17.8 Å². The van der Waals surface area contributed by atoms with Crippen molar-refractivity contribution < 1.29 is 19.1 Å². The molecule has 34 heavy (non-hydrogen) atoms. The maximum Gasteiger partial charge on any atom is 0.254 e. The Morgan fingerprint density at radius 2 is 1.79 bits per heavy atom. The van der Waals surface area contributed by atoms with Crippen LogP contribution in [0.1, 0.15) is 34.5 Å². The maximum absolute atomic E-state index is 13.1. The lowest BCUT2D eigenvalue weighted by molar-refractivity contribution is -0.131. The molecule has 7 nitrogen and oxygen atoms in total. The topological polar surface area (TPSA) is 72.0 Å². The normalized spacial score (nSPS) is 13.9. The van der Waals surface area contributed by atoms with Crippen molar-refractivity contribution in [3.8, 4) is 11.5 Å². The average molecular weight is 480 g/mol. The summed E-state index contributed by atoms with van der Waals surface area (Å²) in [6.07, 6.45) is 1.91. The highest BCUT2D eigenvalue weighted by Gasteiger charge is 2.23. The monoisotopic (exact) mass is 479 g/mol. The fraction of sp³-hybridized carbons (Fsp3) is 0.346. The zero-order valence-electron chi connectivity index (χ0n) is 19.3. The van der Waals surface area contributed by atoms with Crippen molar-refractivity contribution in [1.82, 2.24) is 14.8 Å². The second-order valence-electron chi connectivity index (χ2n) is 8.17. The number of nitrogens with zero attached hydrogens (tertiary/aromatic N) is 3. The van der Waals surface area contributed by atoms with Gasteiger partial charge in [0.25, 0.3) is 5.91 Å². The average Bonchev–Trinajstić information content (AvgIpc) is 3.28. The van der Waals surface area contributed by atoms with E-state index in [1.54, 1.807) is 24.8 Å². The third kappa shape index (κ3) is 6.35. The molecular formula is C26H29N3O4S. The Bertz CT molecular complexity index is 1090. The SMILES string of the molecule is COc1ccc(CCC(=O)N2CCCN(C(=O)c3cccc(OCc4cscn4)c3)CC2)cc1. The number of aromatic nitrogens is 1. The highest BCUT2D eigenvalue weighted by molar-refractivity contribution is 7.07. The molecule has 3 aromatic rings. The predicted octanol–water partition coefficient (Wildman–Crippen LogP) is 4.04. The van der Waals surface area contributed by atoms with E-state index < -0.39 is 0 Å². The lowest BCUT2D eigenvalue weighted by Crippen LogP contribution is -2.37. The van der Waals surface area contributed by atoms with Crippen molar-refractivity contribution >= 4 is 23.2 Å². The maximum atomic E-state index is 13.1. The van der Waals surface area contributed by atoms with Gasteiger partial charge in [-0.25, -0.2) is 4.98 Å². The van der Waals surface area contributed by atoms with Crippen molar-refractivity contribution in [3.05, 3.63) is 76.2 Å². The Morgan fingerprint density at radius 3 is 2.56 bits per heavy atom.